The van der Waals surface area contributed by atoms with Crippen LogP contribution in [0.2, 0.25) is 0 Å². The molecular weight excluding hydrogens is 450 g/mol. The second-order valence-corrected chi connectivity index (χ2v) is 9.17. The van der Waals surface area contributed by atoms with Gasteiger partial charge in [0.1, 0.15) is 5.01 Å². The van der Waals surface area contributed by atoms with Crippen molar-refractivity contribution in [1.82, 2.24) is 4.98 Å². The number of fused-ring (bicyclic) bond motifs is 3. The van der Waals surface area contributed by atoms with Gasteiger partial charge in [0.15, 0.2) is 0 Å². The highest BCUT2D eigenvalue weighted by molar-refractivity contribution is 9.10. The Morgan fingerprint density at radius 1 is 0.567 bits per heavy atom. The van der Waals surface area contributed by atoms with Gasteiger partial charge in [0.05, 0.1) is 10.2 Å². The fourth-order valence-corrected chi connectivity index (χ4v) is 5.82. The fourth-order valence-electron chi connectivity index (χ4n) is 4.16. The number of aromatic nitrogens is 1. The monoisotopic (exact) mass is 465 g/mol. The Kier molecular flexibility index (Phi) is 4.19. The highest BCUT2D eigenvalue weighted by atomic mass is 79.9. The van der Waals surface area contributed by atoms with Crippen LogP contribution in [0.4, 0.5) is 0 Å². The van der Waals surface area contributed by atoms with Gasteiger partial charge < -0.3 is 0 Å². The number of hydrogen-bond acceptors (Lipinski definition) is 2. The molecular formula is C27H16BrNS. The lowest BCUT2D eigenvalue weighted by molar-refractivity contribution is 1.48. The summed E-state index contributed by atoms with van der Waals surface area (Å²) in [5.74, 6) is 0. The van der Waals surface area contributed by atoms with E-state index in [0.717, 1.165) is 20.6 Å². The highest BCUT2D eigenvalue weighted by Crippen LogP contribution is 2.42. The van der Waals surface area contributed by atoms with E-state index >= 15 is 0 Å². The zero-order chi connectivity index (χ0) is 20.1. The van der Waals surface area contributed by atoms with Gasteiger partial charge in [-0.1, -0.05) is 84.9 Å². The molecule has 0 radical (unpaired) electrons. The van der Waals surface area contributed by atoms with Crippen molar-refractivity contribution in [1.29, 1.82) is 0 Å². The Hall–Kier alpha value is -3.01. The van der Waals surface area contributed by atoms with Crippen LogP contribution in [0.25, 0.3) is 53.5 Å². The molecule has 3 heteroatoms. The average molecular weight is 466 g/mol. The predicted octanol–water partition coefficient (Wildman–Crippen LogP) is 8.70. The predicted molar refractivity (Wildman–Crippen MR) is 133 cm³/mol. The Morgan fingerprint density at radius 3 is 1.73 bits per heavy atom. The standard InChI is InChI=1S/C27H16BrNS/c28-26-21-9-3-1-7-19(21)25(20-8-2-4-10-22(20)26)17-13-15-18(16-14-17)27-29-23-11-5-6-12-24(23)30-27/h1-16H. The molecule has 0 fully saturated rings. The Bertz CT molecular complexity index is 1460. The van der Waals surface area contributed by atoms with Gasteiger partial charge in [-0.15, -0.1) is 11.3 Å². The molecule has 5 aromatic carbocycles. The summed E-state index contributed by atoms with van der Waals surface area (Å²) in [7, 11) is 0. The van der Waals surface area contributed by atoms with Crippen LogP contribution in [-0.4, -0.2) is 4.98 Å². The molecule has 142 valence electrons. The summed E-state index contributed by atoms with van der Waals surface area (Å²) in [6, 6.07) is 34.4. The molecule has 0 aliphatic rings. The second-order valence-electron chi connectivity index (χ2n) is 7.34. The minimum Gasteiger partial charge on any atom is -0.236 e. The molecule has 0 saturated carbocycles. The fraction of sp³-hybridized carbons (Fsp3) is 0. The van der Waals surface area contributed by atoms with Crippen molar-refractivity contribution in [3.05, 3.63) is 102 Å². The van der Waals surface area contributed by atoms with Crippen molar-refractivity contribution in [2.45, 2.75) is 0 Å². The lowest BCUT2D eigenvalue weighted by atomic mass is 9.92. The summed E-state index contributed by atoms with van der Waals surface area (Å²) in [6.07, 6.45) is 0. The van der Waals surface area contributed by atoms with Crippen molar-refractivity contribution < 1.29 is 0 Å². The van der Waals surface area contributed by atoms with Crippen LogP contribution in [0.1, 0.15) is 0 Å². The van der Waals surface area contributed by atoms with Crippen LogP contribution >= 0.6 is 27.3 Å². The quantitative estimate of drug-likeness (QED) is 0.233. The van der Waals surface area contributed by atoms with Gasteiger partial charge in [0, 0.05) is 10.0 Å². The van der Waals surface area contributed by atoms with Gasteiger partial charge in [-0.25, -0.2) is 4.98 Å². The van der Waals surface area contributed by atoms with Gasteiger partial charge in [-0.3, -0.25) is 0 Å². The minimum absolute atomic E-state index is 1.06. The maximum absolute atomic E-state index is 4.81. The number of halogens is 1. The van der Waals surface area contributed by atoms with Crippen LogP contribution in [0.5, 0.6) is 0 Å². The van der Waals surface area contributed by atoms with E-state index in [1.54, 1.807) is 11.3 Å². The van der Waals surface area contributed by atoms with Gasteiger partial charge in [-0.05, 0) is 60.7 Å². The lowest BCUT2D eigenvalue weighted by Crippen LogP contribution is -1.87. The van der Waals surface area contributed by atoms with Crippen molar-refractivity contribution in [3.8, 4) is 21.7 Å². The Morgan fingerprint density at radius 2 is 1.10 bits per heavy atom. The molecule has 0 spiro atoms. The first-order chi connectivity index (χ1) is 14.8. The number of rotatable bonds is 2. The molecule has 1 nitrogen and oxygen atoms in total. The van der Waals surface area contributed by atoms with Crippen LogP contribution in [0.3, 0.4) is 0 Å². The molecule has 0 aliphatic heterocycles. The number of thiazole rings is 1. The summed E-state index contributed by atoms with van der Waals surface area (Å²) in [5, 5.41) is 6.06. The normalized spacial score (nSPS) is 11.5. The first-order valence-corrected chi connectivity index (χ1v) is 11.5. The molecule has 1 aromatic heterocycles. The van der Waals surface area contributed by atoms with Gasteiger partial charge >= 0.3 is 0 Å². The molecule has 0 bridgehead atoms. The highest BCUT2D eigenvalue weighted by Gasteiger charge is 2.14. The van der Waals surface area contributed by atoms with E-state index < -0.39 is 0 Å². The molecule has 0 unspecified atom stereocenters. The average Bonchev–Trinajstić information content (AvgIpc) is 3.24. The maximum atomic E-state index is 4.81. The Labute approximate surface area is 186 Å². The first kappa shape index (κ1) is 17.8. The number of nitrogens with zero attached hydrogens (tertiary/aromatic N) is 1. The number of benzene rings is 5. The summed E-state index contributed by atoms with van der Waals surface area (Å²) >= 11 is 5.58. The van der Waals surface area contributed by atoms with Crippen LogP contribution in [0, 0.1) is 0 Å². The van der Waals surface area contributed by atoms with Crippen molar-refractivity contribution in [2.24, 2.45) is 0 Å². The van der Waals surface area contributed by atoms with Crippen molar-refractivity contribution >= 4 is 59.0 Å². The van der Waals surface area contributed by atoms with E-state index in [9.17, 15) is 0 Å². The van der Waals surface area contributed by atoms with E-state index in [-0.39, 0.29) is 0 Å². The van der Waals surface area contributed by atoms with E-state index in [1.165, 1.54) is 37.4 Å². The lowest BCUT2D eigenvalue weighted by Gasteiger charge is -2.14. The van der Waals surface area contributed by atoms with Gasteiger partial charge in [0.25, 0.3) is 0 Å². The zero-order valence-electron chi connectivity index (χ0n) is 16.0. The van der Waals surface area contributed by atoms with Crippen molar-refractivity contribution in [2.75, 3.05) is 0 Å². The summed E-state index contributed by atoms with van der Waals surface area (Å²) in [5.41, 5.74) is 4.72. The number of para-hydroxylation sites is 1. The molecule has 0 saturated heterocycles. The zero-order valence-corrected chi connectivity index (χ0v) is 18.4. The molecule has 0 atom stereocenters. The molecule has 6 aromatic rings. The van der Waals surface area contributed by atoms with E-state index in [0.29, 0.717) is 0 Å². The largest absolute Gasteiger partial charge is 0.236 e. The van der Waals surface area contributed by atoms with Crippen molar-refractivity contribution in [3.63, 3.8) is 0 Å². The molecule has 30 heavy (non-hydrogen) atoms. The SMILES string of the molecule is Brc1c2ccccc2c(-c2ccc(-c3nc4ccccc4s3)cc2)c2ccccc12. The number of hydrogen-bond donors (Lipinski definition) is 0. The van der Waals surface area contributed by atoms with Crippen LogP contribution in [0.15, 0.2) is 102 Å². The molecule has 0 aliphatic carbocycles. The van der Waals surface area contributed by atoms with E-state index in [1.807, 2.05) is 6.07 Å². The third-order valence-electron chi connectivity index (χ3n) is 5.58. The minimum atomic E-state index is 1.06. The summed E-state index contributed by atoms with van der Waals surface area (Å²) in [4.78, 5) is 4.81. The molecule has 0 N–H and O–H groups in total. The second kappa shape index (κ2) is 7.05. The third kappa shape index (κ3) is 2.78. The summed E-state index contributed by atoms with van der Waals surface area (Å²) < 4.78 is 2.38. The maximum Gasteiger partial charge on any atom is 0.124 e. The van der Waals surface area contributed by atoms with E-state index in [2.05, 4.69) is 107 Å². The van der Waals surface area contributed by atoms with Crippen LogP contribution in [-0.2, 0) is 0 Å². The van der Waals surface area contributed by atoms with Crippen LogP contribution < -0.4 is 0 Å². The van der Waals surface area contributed by atoms with E-state index in [4.69, 9.17) is 4.98 Å². The molecule has 6 rings (SSSR count). The molecule has 1 heterocycles. The van der Waals surface area contributed by atoms with Gasteiger partial charge in [-0.2, -0.15) is 0 Å². The summed E-state index contributed by atoms with van der Waals surface area (Å²) in [6.45, 7) is 0. The third-order valence-corrected chi connectivity index (χ3v) is 7.52. The first-order valence-electron chi connectivity index (χ1n) is 9.85. The smallest absolute Gasteiger partial charge is 0.124 e. The Balaban J connectivity index is 1.56. The topological polar surface area (TPSA) is 12.9 Å². The van der Waals surface area contributed by atoms with Gasteiger partial charge in [0.2, 0.25) is 0 Å². The molecule has 0 amide bonds.